The molecule has 1 aromatic carbocycles. The van der Waals surface area contributed by atoms with Gasteiger partial charge in [0, 0.05) is 31.3 Å². The summed E-state index contributed by atoms with van der Waals surface area (Å²) in [5.41, 5.74) is 0.626. The number of nitrogens with one attached hydrogen (secondary N) is 1. The molecule has 0 spiro atoms. The van der Waals surface area contributed by atoms with Crippen molar-refractivity contribution in [2.45, 2.75) is 12.8 Å². The lowest BCUT2D eigenvalue weighted by atomic mass is 10.1. The van der Waals surface area contributed by atoms with Crippen LogP contribution in [0.25, 0.3) is 0 Å². The van der Waals surface area contributed by atoms with Crippen molar-refractivity contribution < 1.29 is 19.1 Å². The van der Waals surface area contributed by atoms with Gasteiger partial charge in [-0.05, 0) is 39.2 Å². The zero-order valence-corrected chi connectivity index (χ0v) is 15.4. The molecule has 1 unspecified atom stereocenters. The molecule has 2 rings (SSSR count). The van der Waals surface area contributed by atoms with Gasteiger partial charge in [0.2, 0.25) is 11.8 Å². The fourth-order valence-corrected chi connectivity index (χ4v) is 2.90. The number of methoxy groups -OCH3 is 2. The Hall–Kier alpha value is -2.28. The summed E-state index contributed by atoms with van der Waals surface area (Å²) in [6.07, 6.45) is 1.17. The number of ether oxygens (including phenoxy) is 2. The summed E-state index contributed by atoms with van der Waals surface area (Å²) in [7, 11) is 7.12. The van der Waals surface area contributed by atoms with E-state index in [2.05, 4.69) is 10.2 Å². The third kappa shape index (κ3) is 5.09. The van der Waals surface area contributed by atoms with Gasteiger partial charge in [-0.2, -0.15) is 0 Å². The van der Waals surface area contributed by atoms with E-state index in [0.717, 1.165) is 13.0 Å². The molecule has 0 aromatic heterocycles. The second kappa shape index (κ2) is 8.71. The molecule has 1 N–H and O–H groups in total. The van der Waals surface area contributed by atoms with Gasteiger partial charge in [0.05, 0.1) is 20.1 Å². The van der Waals surface area contributed by atoms with E-state index in [0.29, 0.717) is 30.3 Å². The molecule has 2 amide bonds. The van der Waals surface area contributed by atoms with Crippen LogP contribution in [0.5, 0.6) is 11.5 Å². The average molecular weight is 349 g/mol. The Morgan fingerprint density at radius 1 is 1.28 bits per heavy atom. The number of amides is 2. The van der Waals surface area contributed by atoms with Crippen LogP contribution in [0.2, 0.25) is 0 Å². The van der Waals surface area contributed by atoms with Gasteiger partial charge in [-0.15, -0.1) is 0 Å². The Bertz CT molecular complexity index is 618. The topological polar surface area (TPSA) is 71.1 Å². The standard InChI is InChI=1S/C18H27N3O4/c1-20(2)8-5-9-21-12-13(10-17(21)22)18(23)19-14-6-7-15(24-3)16(11-14)25-4/h6-7,11,13H,5,8-10,12H2,1-4H3,(H,19,23). The number of nitrogens with zero attached hydrogens (tertiary/aromatic N) is 2. The zero-order chi connectivity index (χ0) is 18.4. The lowest BCUT2D eigenvalue weighted by Crippen LogP contribution is -2.30. The highest BCUT2D eigenvalue weighted by molar-refractivity contribution is 5.97. The number of rotatable bonds is 8. The van der Waals surface area contributed by atoms with E-state index in [9.17, 15) is 9.59 Å². The van der Waals surface area contributed by atoms with Crippen molar-refractivity contribution in [3.63, 3.8) is 0 Å². The van der Waals surface area contributed by atoms with Gasteiger partial charge in [0.15, 0.2) is 11.5 Å². The highest BCUT2D eigenvalue weighted by atomic mass is 16.5. The van der Waals surface area contributed by atoms with Gasteiger partial charge in [0.1, 0.15) is 0 Å². The number of hydrogen-bond donors (Lipinski definition) is 1. The molecule has 0 aliphatic carbocycles. The number of benzene rings is 1. The Labute approximate surface area is 148 Å². The minimum absolute atomic E-state index is 0.0474. The summed E-state index contributed by atoms with van der Waals surface area (Å²) >= 11 is 0. The summed E-state index contributed by atoms with van der Waals surface area (Å²) in [5, 5.41) is 2.86. The summed E-state index contributed by atoms with van der Waals surface area (Å²) < 4.78 is 10.4. The molecular formula is C18H27N3O4. The predicted molar refractivity (Wildman–Crippen MR) is 96.0 cm³/mol. The highest BCUT2D eigenvalue weighted by Gasteiger charge is 2.34. The predicted octanol–water partition coefficient (Wildman–Crippen LogP) is 1.44. The molecule has 7 heteroatoms. The minimum Gasteiger partial charge on any atom is -0.493 e. The lowest BCUT2D eigenvalue weighted by molar-refractivity contribution is -0.128. The van der Waals surface area contributed by atoms with Crippen molar-refractivity contribution in [1.29, 1.82) is 0 Å². The van der Waals surface area contributed by atoms with E-state index >= 15 is 0 Å². The van der Waals surface area contributed by atoms with Crippen LogP contribution in [0, 0.1) is 5.92 Å². The van der Waals surface area contributed by atoms with Crippen LogP contribution in [-0.2, 0) is 9.59 Å². The Morgan fingerprint density at radius 2 is 2.00 bits per heavy atom. The first-order chi connectivity index (χ1) is 11.9. The third-order valence-electron chi connectivity index (χ3n) is 4.27. The van der Waals surface area contributed by atoms with E-state index in [-0.39, 0.29) is 24.2 Å². The third-order valence-corrected chi connectivity index (χ3v) is 4.27. The van der Waals surface area contributed by atoms with Crippen LogP contribution in [0.4, 0.5) is 5.69 Å². The molecule has 1 saturated heterocycles. The molecule has 1 aliphatic heterocycles. The van der Waals surface area contributed by atoms with E-state index in [1.165, 1.54) is 0 Å². The van der Waals surface area contributed by atoms with Crippen molar-refractivity contribution in [2.75, 3.05) is 53.3 Å². The molecule has 1 heterocycles. The molecule has 1 aromatic rings. The van der Waals surface area contributed by atoms with Gasteiger partial charge in [-0.1, -0.05) is 0 Å². The van der Waals surface area contributed by atoms with Gasteiger partial charge in [0.25, 0.3) is 0 Å². The summed E-state index contributed by atoms with van der Waals surface area (Å²) in [6, 6.07) is 5.20. The first-order valence-corrected chi connectivity index (χ1v) is 8.40. The number of anilines is 1. The molecule has 1 atom stereocenters. The molecule has 0 saturated carbocycles. The van der Waals surface area contributed by atoms with Gasteiger partial charge < -0.3 is 24.6 Å². The fraction of sp³-hybridized carbons (Fsp3) is 0.556. The van der Waals surface area contributed by atoms with Crippen molar-refractivity contribution in [1.82, 2.24) is 9.80 Å². The van der Waals surface area contributed by atoms with Crippen LogP contribution in [0.3, 0.4) is 0 Å². The maximum Gasteiger partial charge on any atom is 0.229 e. The lowest BCUT2D eigenvalue weighted by Gasteiger charge is -2.18. The molecule has 25 heavy (non-hydrogen) atoms. The second-order valence-corrected chi connectivity index (χ2v) is 6.46. The Morgan fingerprint density at radius 3 is 2.64 bits per heavy atom. The number of likely N-dealkylation sites (tertiary alicyclic amines) is 1. The van der Waals surface area contributed by atoms with Crippen LogP contribution in [-0.4, -0.2) is 69.6 Å². The van der Waals surface area contributed by atoms with Gasteiger partial charge >= 0.3 is 0 Å². The van der Waals surface area contributed by atoms with Gasteiger partial charge in [-0.25, -0.2) is 0 Å². The van der Waals surface area contributed by atoms with Crippen molar-refractivity contribution in [3.8, 4) is 11.5 Å². The number of hydrogen-bond acceptors (Lipinski definition) is 5. The summed E-state index contributed by atoms with van der Waals surface area (Å²) in [6.45, 7) is 2.09. The Balaban J connectivity index is 1.92. The highest BCUT2D eigenvalue weighted by Crippen LogP contribution is 2.30. The van der Waals surface area contributed by atoms with Crippen LogP contribution < -0.4 is 14.8 Å². The first-order valence-electron chi connectivity index (χ1n) is 8.40. The van der Waals surface area contributed by atoms with Crippen molar-refractivity contribution in [2.24, 2.45) is 5.92 Å². The molecule has 7 nitrogen and oxygen atoms in total. The number of carbonyl (C=O) groups excluding carboxylic acids is 2. The van der Waals surface area contributed by atoms with Crippen molar-refractivity contribution >= 4 is 17.5 Å². The molecule has 1 fully saturated rings. The average Bonchev–Trinajstić information content (AvgIpc) is 2.95. The van der Waals surface area contributed by atoms with Gasteiger partial charge in [-0.3, -0.25) is 9.59 Å². The van der Waals surface area contributed by atoms with Crippen molar-refractivity contribution in [3.05, 3.63) is 18.2 Å². The molecule has 1 aliphatic rings. The number of carbonyl (C=O) groups is 2. The van der Waals surface area contributed by atoms with E-state index < -0.39 is 0 Å². The monoisotopic (exact) mass is 349 g/mol. The summed E-state index contributed by atoms with van der Waals surface area (Å²) in [4.78, 5) is 28.4. The molecule has 0 bridgehead atoms. The normalized spacial score (nSPS) is 17.1. The van der Waals surface area contributed by atoms with E-state index in [1.54, 1.807) is 37.3 Å². The largest absolute Gasteiger partial charge is 0.493 e. The second-order valence-electron chi connectivity index (χ2n) is 6.46. The fourth-order valence-electron chi connectivity index (χ4n) is 2.90. The minimum atomic E-state index is -0.319. The zero-order valence-electron chi connectivity index (χ0n) is 15.4. The van der Waals surface area contributed by atoms with E-state index in [1.807, 2.05) is 14.1 Å². The molecule has 0 radical (unpaired) electrons. The summed E-state index contributed by atoms with van der Waals surface area (Å²) in [5.74, 6) is 0.735. The first kappa shape index (κ1) is 19.1. The van der Waals surface area contributed by atoms with Crippen LogP contribution in [0.15, 0.2) is 18.2 Å². The van der Waals surface area contributed by atoms with E-state index in [4.69, 9.17) is 9.47 Å². The Kier molecular flexibility index (Phi) is 6.64. The molecule has 138 valence electrons. The maximum absolute atomic E-state index is 12.5. The maximum atomic E-state index is 12.5. The smallest absolute Gasteiger partial charge is 0.229 e. The quantitative estimate of drug-likeness (QED) is 0.769. The molecular weight excluding hydrogens is 322 g/mol. The SMILES string of the molecule is COc1ccc(NC(=O)C2CC(=O)N(CCCN(C)C)C2)cc1OC. The van der Waals surface area contributed by atoms with Crippen LogP contribution >= 0.6 is 0 Å². The van der Waals surface area contributed by atoms with Crippen LogP contribution in [0.1, 0.15) is 12.8 Å².